The van der Waals surface area contributed by atoms with Gasteiger partial charge in [-0.2, -0.15) is 0 Å². The lowest BCUT2D eigenvalue weighted by Gasteiger charge is -2.18. The number of hydrogen-bond acceptors (Lipinski definition) is 3. The second kappa shape index (κ2) is 5.22. The average Bonchev–Trinajstić information content (AvgIpc) is 2.73. The van der Waals surface area contributed by atoms with Crippen molar-refractivity contribution in [1.29, 1.82) is 0 Å². The molecule has 20 heavy (non-hydrogen) atoms. The summed E-state index contributed by atoms with van der Waals surface area (Å²) in [6, 6.07) is 3.61. The van der Waals surface area contributed by atoms with E-state index in [0.717, 1.165) is 10.6 Å². The van der Waals surface area contributed by atoms with Gasteiger partial charge in [0.2, 0.25) is 0 Å². The first-order valence-electron chi connectivity index (χ1n) is 6.43. The van der Waals surface area contributed by atoms with E-state index < -0.39 is 11.6 Å². The van der Waals surface area contributed by atoms with Crippen LogP contribution in [0.5, 0.6) is 0 Å². The van der Waals surface area contributed by atoms with E-state index in [1.165, 1.54) is 29.5 Å². The maximum atomic E-state index is 13.9. The third-order valence-electron chi connectivity index (χ3n) is 2.95. The molecule has 0 fully saturated rings. The Morgan fingerprint density at radius 2 is 1.75 bits per heavy atom. The van der Waals surface area contributed by atoms with Crippen LogP contribution >= 0.6 is 11.3 Å². The third kappa shape index (κ3) is 2.74. The minimum atomic E-state index is -0.601. The van der Waals surface area contributed by atoms with E-state index in [1.54, 1.807) is 0 Å². The fraction of sp³-hybridized carbons (Fsp3) is 0.400. The van der Waals surface area contributed by atoms with Crippen molar-refractivity contribution in [2.75, 3.05) is 0 Å². The first-order chi connectivity index (χ1) is 9.21. The Balaban J connectivity index is 2.66. The molecule has 2 aromatic rings. The van der Waals surface area contributed by atoms with Crippen LogP contribution in [0.1, 0.15) is 44.3 Å². The SMILES string of the molecule is CC(N)c1sc(-c2c(F)cccc2F)nc1C(C)(C)C. The number of rotatable bonds is 2. The van der Waals surface area contributed by atoms with Crippen molar-refractivity contribution in [1.82, 2.24) is 4.98 Å². The first-order valence-corrected chi connectivity index (χ1v) is 7.24. The molecule has 0 saturated carbocycles. The Hall–Kier alpha value is -1.33. The Labute approximate surface area is 121 Å². The lowest BCUT2D eigenvalue weighted by atomic mass is 9.90. The quantitative estimate of drug-likeness (QED) is 0.891. The zero-order chi connectivity index (χ0) is 15.1. The number of halogens is 2. The van der Waals surface area contributed by atoms with Crippen LogP contribution < -0.4 is 5.73 Å². The molecule has 2 nitrogen and oxygen atoms in total. The minimum Gasteiger partial charge on any atom is -0.323 e. The topological polar surface area (TPSA) is 38.9 Å². The molecular weight excluding hydrogens is 278 g/mol. The zero-order valence-corrected chi connectivity index (χ0v) is 12.8. The normalized spacial score (nSPS) is 13.6. The molecule has 2 rings (SSSR count). The summed E-state index contributed by atoms with van der Waals surface area (Å²) in [7, 11) is 0. The highest BCUT2D eigenvalue weighted by atomic mass is 32.1. The van der Waals surface area contributed by atoms with Crippen LogP contribution in [0.25, 0.3) is 10.6 Å². The molecule has 0 aliphatic rings. The molecule has 0 saturated heterocycles. The summed E-state index contributed by atoms with van der Waals surface area (Å²) >= 11 is 1.26. The molecule has 1 aromatic heterocycles. The summed E-state index contributed by atoms with van der Waals surface area (Å²) in [5.41, 5.74) is 6.47. The monoisotopic (exact) mass is 296 g/mol. The lowest BCUT2D eigenvalue weighted by Crippen LogP contribution is -2.17. The summed E-state index contributed by atoms with van der Waals surface area (Å²) in [5, 5.41) is 0.345. The van der Waals surface area contributed by atoms with Gasteiger partial charge in [-0.05, 0) is 19.1 Å². The Bertz CT molecular complexity index is 607. The molecule has 1 aromatic carbocycles. The van der Waals surface area contributed by atoms with Crippen LogP contribution in [0.4, 0.5) is 8.78 Å². The van der Waals surface area contributed by atoms with Gasteiger partial charge in [-0.25, -0.2) is 13.8 Å². The Kier molecular flexibility index (Phi) is 3.93. The predicted molar refractivity (Wildman–Crippen MR) is 78.8 cm³/mol. The smallest absolute Gasteiger partial charge is 0.136 e. The summed E-state index contributed by atoms with van der Waals surface area (Å²) in [5.74, 6) is -1.20. The van der Waals surface area contributed by atoms with Crippen molar-refractivity contribution in [3.63, 3.8) is 0 Å². The van der Waals surface area contributed by atoms with Gasteiger partial charge in [0.25, 0.3) is 0 Å². The zero-order valence-electron chi connectivity index (χ0n) is 12.0. The highest BCUT2D eigenvalue weighted by Crippen LogP contribution is 2.38. The third-order valence-corrected chi connectivity index (χ3v) is 4.23. The molecule has 0 radical (unpaired) electrons. The van der Waals surface area contributed by atoms with Crippen molar-refractivity contribution in [2.45, 2.75) is 39.2 Å². The van der Waals surface area contributed by atoms with Crippen LogP contribution in [0.2, 0.25) is 0 Å². The molecule has 0 spiro atoms. The van der Waals surface area contributed by atoms with E-state index in [-0.39, 0.29) is 17.0 Å². The summed E-state index contributed by atoms with van der Waals surface area (Å²) < 4.78 is 27.7. The maximum absolute atomic E-state index is 13.9. The summed E-state index contributed by atoms with van der Waals surface area (Å²) in [6.45, 7) is 7.88. The second-order valence-electron chi connectivity index (χ2n) is 5.87. The summed E-state index contributed by atoms with van der Waals surface area (Å²) in [4.78, 5) is 5.32. The molecule has 1 atom stereocenters. The van der Waals surface area contributed by atoms with Crippen LogP contribution in [-0.2, 0) is 5.41 Å². The van der Waals surface area contributed by atoms with Crippen molar-refractivity contribution in [3.8, 4) is 10.6 Å². The highest BCUT2D eigenvalue weighted by molar-refractivity contribution is 7.15. The molecule has 1 heterocycles. The lowest BCUT2D eigenvalue weighted by molar-refractivity contribution is 0.559. The predicted octanol–water partition coefficient (Wildman–Crippen LogP) is 4.41. The number of benzene rings is 1. The van der Waals surface area contributed by atoms with Gasteiger partial charge >= 0.3 is 0 Å². The van der Waals surface area contributed by atoms with Crippen LogP contribution in [0.3, 0.4) is 0 Å². The van der Waals surface area contributed by atoms with Gasteiger partial charge in [0.15, 0.2) is 0 Å². The molecule has 1 unspecified atom stereocenters. The molecule has 0 amide bonds. The number of nitrogens with zero attached hydrogens (tertiary/aromatic N) is 1. The number of thiazole rings is 1. The average molecular weight is 296 g/mol. The van der Waals surface area contributed by atoms with Gasteiger partial charge in [0, 0.05) is 16.3 Å². The number of hydrogen-bond donors (Lipinski definition) is 1. The van der Waals surface area contributed by atoms with Gasteiger partial charge < -0.3 is 5.73 Å². The van der Waals surface area contributed by atoms with E-state index in [1.807, 2.05) is 27.7 Å². The van der Waals surface area contributed by atoms with E-state index in [4.69, 9.17) is 5.73 Å². The van der Waals surface area contributed by atoms with Gasteiger partial charge in [-0.15, -0.1) is 11.3 Å². The molecule has 108 valence electrons. The van der Waals surface area contributed by atoms with Crippen molar-refractivity contribution < 1.29 is 8.78 Å². The van der Waals surface area contributed by atoms with E-state index >= 15 is 0 Å². The fourth-order valence-corrected chi connectivity index (χ4v) is 3.26. The first kappa shape index (κ1) is 15.1. The van der Waals surface area contributed by atoms with Gasteiger partial charge in [0.1, 0.15) is 16.6 Å². The molecule has 0 bridgehead atoms. The summed E-state index contributed by atoms with van der Waals surface area (Å²) in [6.07, 6.45) is 0. The second-order valence-corrected chi connectivity index (χ2v) is 6.90. The molecule has 0 aliphatic carbocycles. The minimum absolute atomic E-state index is 0.0742. The van der Waals surface area contributed by atoms with Crippen molar-refractivity contribution in [3.05, 3.63) is 40.4 Å². The molecule has 2 N–H and O–H groups in total. The van der Waals surface area contributed by atoms with Crippen LogP contribution in [-0.4, -0.2) is 4.98 Å². The standard InChI is InChI=1S/C15H18F2N2S/c1-8(18)12-13(15(2,3)4)19-14(20-12)11-9(16)6-5-7-10(11)17/h5-8H,18H2,1-4H3. The molecular formula is C15H18F2N2S. The molecule has 5 heteroatoms. The Morgan fingerprint density at radius 3 is 2.15 bits per heavy atom. The van der Waals surface area contributed by atoms with E-state index in [0.29, 0.717) is 5.01 Å². The van der Waals surface area contributed by atoms with Crippen LogP contribution in [0, 0.1) is 11.6 Å². The Morgan fingerprint density at radius 1 is 1.20 bits per heavy atom. The van der Waals surface area contributed by atoms with Gasteiger partial charge in [-0.3, -0.25) is 0 Å². The van der Waals surface area contributed by atoms with Crippen LogP contribution in [0.15, 0.2) is 18.2 Å². The number of aromatic nitrogens is 1. The van der Waals surface area contributed by atoms with Crippen molar-refractivity contribution in [2.24, 2.45) is 5.73 Å². The molecule has 0 aliphatic heterocycles. The largest absolute Gasteiger partial charge is 0.323 e. The highest BCUT2D eigenvalue weighted by Gasteiger charge is 2.27. The maximum Gasteiger partial charge on any atom is 0.136 e. The van der Waals surface area contributed by atoms with Crippen molar-refractivity contribution >= 4 is 11.3 Å². The van der Waals surface area contributed by atoms with Gasteiger partial charge in [0.05, 0.1) is 11.3 Å². The number of nitrogens with two attached hydrogens (primary N) is 1. The van der Waals surface area contributed by atoms with E-state index in [9.17, 15) is 8.78 Å². The van der Waals surface area contributed by atoms with Gasteiger partial charge in [-0.1, -0.05) is 26.8 Å². The fourth-order valence-electron chi connectivity index (χ4n) is 1.99. The van der Waals surface area contributed by atoms with E-state index in [2.05, 4.69) is 4.98 Å².